The molecular weight excluding hydrogens is 348 g/mol. The van der Waals surface area contributed by atoms with Gasteiger partial charge in [-0.2, -0.15) is 4.57 Å². The zero-order valence-electron chi connectivity index (χ0n) is 17.4. The fourth-order valence-corrected chi connectivity index (χ4v) is 7.72. The van der Waals surface area contributed by atoms with Crippen LogP contribution in [0.1, 0.15) is 64.5 Å². The average molecular weight is 384 g/mol. The van der Waals surface area contributed by atoms with E-state index in [9.17, 15) is 9.90 Å². The van der Waals surface area contributed by atoms with Crippen LogP contribution in [0.15, 0.2) is 18.3 Å². The number of aromatic nitrogens is 1. The van der Waals surface area contributed by atoms with Gasteiger partial charge in [0.05, 0.1) is 0 Å². The Kier molecular flexibility index (Phi) is 4.44. The lowest BCUT2D eigenvalue weighted by Crippen LogP contribution is -2.66. The van der Waals surface area contributed by atoms with Gasteiger partial charge in [0, 0.05) is 50.2 Å². The van der Waals surface area contributed by atoms with Crippen molar-refractivity contribution in [2.45, 2.75) is 70.8 Å². The highest BCUT2D eigenvalue weighted by atomic mass is 16.4. The minimum absolute atomic E-state index is 0.133. The van der Waals surface area contributed by atoms with E-state index in [0.29, 0.717) is 11.8 Å². The number of anilines is 1. The van der Waals surface area contributed by atoms with E-state index in [4.69, 9.17) is 0 Å². The van der Waals surface area contributed by atoms with E-state index in [2.05, 4.69) is 41.6 Å². The maximum atomic E-state index is 11.7. The Morgan fingerprint density at radius 1 is 1.07 bits per heavy atom. The second kappa shape index (κ2) is 6.74. The molecule has 4 saturated carbocycles. The molecule has 2 heterocycles. The van der Waals surface area contributed by atoms with Crippen LogP contribution in [0.3, 0.4) is 0 Å². The maximum Gasteiger partial charge on any atom is 0.314 e. The van der Waals surface area contributed by atoms with Gasteiger partial charge in [-0.05, 0) is 55.3 Å². The highest BCUT2D eigenvalue weighted by Gasteiger charge is 2.57. The lowest BCUT2D eigenvalue weighted by atomic mass is 9.53. The molecule has 2 unspecified atom stereocenters. The summed E-state index contributed by atoms with van der Waals surface area (Å²) in [7, 11) is 0. The summed E-state index contributed by atoms with van der Waals surface area (Å²) in [6.07, 6.45) is 11.7. The van der Waals surface area contributed by atoms with E-state index in [1.807, 2.05) is 0 Å². The molecule has 6 rings (SSSR count). The number of carboxylic acids is 1. The van der Waals surface area contributed by atoms with Gasteiger partial charge in [-0.1, -0.05) is 13.8 Å². The molecule has 1 aromatic heterocycles. The number of nitrogens with zero attached hydrogens (tertiary/aromatic N) is 2. The summed E-state index contributed by atoms with van der Waals surface area (Å²) in [4.78, 5) is 14.2. The van der Waals surface area contributed by atoms with Crippen molar-refractivity contribution in [2.24, 2.45) is 29.6 Å². The van der Waals surface area contributed by atoms with Crippen molar-refractivity contribution in [1.82, 2.24) is 0 Å². The second-order valence-corrected chi connectivity index (χ2v) is 10.8. The Labute approximate surface area is 168 Å². The van der Waals surface area contributed by atoms with E-state index < -0.39 is 5.97 Å². The van der Waals surface area contributed by atoms with Crippen molar-refractivity contribution in [3.8, 4) is 0 Å². The van der Waals surface area contributed by atoms with Gasteiger partial charge in [-0.15, -0.1) is 0 Å². The predicted octanol–water partition coefficient (Wildman–Crippen LogP) is 4.01. The lowest BCUT2D eigenvalue weighted by Gasteiger charge is -2.53. The SMILES string of the molecule is CC1CC(C)CN(c2cc[n+](C34CC5CC(CC(C5)C3)C4)c(CC(=O)O)c2)C1. The zero-order chi connectivity index (χ0) is 19.5. The van der Waals surface area contributed by atoms with Crippen LogP contribution in [-0.2, 0) is 16.8 Å². The molecule has 1 saturated heterocycles. The zero-order valence-corrected chi connectivity index (χ0v) is 17.4. The molecule has 0 aromatic carbocycles. The van der Waals surface area contributed by atoms with Crippen LogP contribution in [0.4, 0.5) is 5.69 Å². The fraction of sp³-hybridized carbons (Fsp3) is 0.750. The smallest absolute Gasteiger partial charge is 0.314 e. The molecule has 4 nitrogen and oxygen atoms in total. The molecule has 28 heavy (non-hydrogen) atoms. The largest absolute Gasteiger partial charge is 0.481 e. The van der Waals surface area contributed by atoms with E-state index in [-0.39, 0.29) is 12.0 Å². The predicted molar refractivity (Wildman–Crippen MR) is 109 cm³/mol. The third-order valence-corrected chi connectivity index (χ3v) is 8.10. The van der Waals surface area contributed by atoms with Crippen molar-refractivity contribution in [3.05, 3.63) is 24.0 Å². The Hall–Kier alpha value is -1.58. The van der Waals surface area contributed by atoms with Gasteiger partial charge >= 0.3 is 5.97 Å². The number of pyridine rings is 1. The molecule has 4 aliphatic carbocycles. The molecule has 0 amide bonds. The van der Waals surface area contributed by atoms with E-state index in [1.54, 1.807) is 0 Å². The number of rotatable bonds is 4. The molecule has 0 radical (unpaired) electrons. The molecule has 1 N–H and O–H groups in total. The van der Waals surface area contributed by atoms with Crippen molar-refractivity contribution >= 4 is 11.7 Å². The summed E-state index contributed by atoms with van der Waals surface area (Å²) in [6.45, 7) is 6.83. The van der Waals surface area contributed by atoms with E-state index in [1.165, 1.54) is 50.6 Å². The van der Waals surface area contributed by atoms with Gasteiger partial charge in [0.1, 0.15) is 6.42 Å². The van der Waals surface area contributed by atoms with Crippen molar-refractivity contribution in [2.75, 3.05) is 18.0 Å². The van der Waals surface area contributed by atoms with Gasteiger partial charge in [-0.25, -0.2) is 0 Å². The highest BCUT2D eigenvalue weighted by Crippen LogP contribution is 2.57. The van der Waals surface area contributed by atoms with Crippen molar-refractivity contribution in [3.63, 3.8) is 0 Å². The summed E-state index contributed by atoms with van der Waals surface area (Å²) >= 11 is 0. The average Bonchev–Trinajstić information content (AvgIpc) is 2.59. The normalized spacial score (nSPS) is 39.4. The molecule has 1 aliphatic heterocycles. The Balaban J connectivity index is 1.51. The monoisotopic (exact) mass is 383 g/mol. The summed E-state index contributed by atoms with van der Waals surface area (Å²) < 4.78 is 2.42. The third-order valence-electron chi connectivity index (χ3n) is 8.10. The lowest BCUT2D eigenvalue weighted by molar-refractivity contribution is -0.782. The van der Waals surface area contributed by atoms with Crippen molar-refractivity contribution in [1.29, 1.82) is 0 Å². The van der Waals surface area contributed by atoms with Crippen LogP contribution in [0.2, 0.25) is 0 Å². The Bertz CT molecular complexity index is 729. The van der Waals surface area contributed by atoms with Gasteiger partial charge in [-0.3, -0.25) is 4.79 Å². The van der Waals surface area contributed by atoms with Crippen LogP contribution in [0, 0.1) is 29.6 Å². The van der Waals surface area contributed by atoms with Gasteiger partial charge in [0.25, 0.3) is 0 Å². The molecule has 5 aliphatic rings. The molecular formula is C24H35N2O2+. The number of piperidine rings is 1. The van der Waals surface area contributed by atoms with Crippen LogP contribution >= 0.6 is 0 Å². The first-order chi connectivity index (χ1) is 13.4. The quantitative estimate of drug-likeness (QED) is 0.799. The summed E-state index contributed by atoms with van der Waals surface area (Å²) in [5, 5.41) is 9.63. The molecule has 2 atom stereocenters. The summed E-state index contributed by atoms with van der Waals surface area (Å²) in [5.41, 5.74) is 2.41. The molecule has 4 bridgehead atoms. The molecule has 4 heteroatoms. The van der Waals surface area contributed by atoms with Gasteiger partial charge in [0.2, 0.25) is 0 Å². The molecule has 0 spiro atoms. The summed E-state index contributed by atoms with van der Waals surface area (Å²) in [6, 6.07) is 4.48. The Morgan fingerprint density at radius 2 is 1.64 bits per heavy atom. The number of carbonyl (C=O) groups is 1. The summed E-state index contributed by atoms with van der Waals surface area (Å²) in [5.74, 6) is 3.26. The number of carboxylic acid groups (broad SMARTS) is 1. The topological polar surface area (TPSA) is 44.4 Å². The minimum Gasteiger partial charge on any atom is -0.481 e. The molecule has 5 fully saturated rings. The molecule has 1 aromatic rings. The van der Waals surface area contributed by atoms with Crippen LogP contribution in [0.25, 0.3) is 0 Å². The minimum atomic E-state index is -0.712. The number of hydrogen-bond donors (Lipinski definition) is 1. The first-order valence-electron chi connectivity index (χ1n) is 11.4. The Morgan fingerprint density at radius 3 is 2.18 bits per heavy atom. The van der Waals surface area contributed by atoms with Crippen LogP contribution < -0.4 is 9.47 Å². The van der Waals surface area contributed by atoms with Crippen LogP contribution in [0.5, 0.6) is 0 Å². The first-order valence-corrected chi connectivity index (χ1v) is 11.4. The standard InChI is InChI=1S/C24H34N2O2/c1-16-5-17(2)15-25(14-16)21-3-4-26(22(9-21)10-23(27)28)24-11-18-6-19(12-24)8-20(7-18)13-24/h3-4,9,16-20H,5-8,10-15H2,1-2H3/p+1. The maximum absolute atomic E-state index is 11.7. The van der Waals surface area contributed by atoms with Gasteiger partial charge < -0.3 is 10.0 Å². The highest BCUT2D eigenvalue weighted by molar-refractivity contribution is 5.69. The first kappa shape index (κ1) is 18.4. The molecule has 152 valence electrons. The van der Waals surface area contributed by atoms with E-state index in [0.717, 1.165) is 36.5 Å². The number of aliphatic carboxylic acids is 1. The fourth-order valence-electron chi connectivity index (χ4n) is 7.72. The third kappa shape index (κ3) is 3.23. The van der Waals surface area contributed by atoms with Crippen molar-refractivity contribution < 1.29 is 14.5 Å². The second-order valence-electron chi connectivity index (χ2n) is 10.8. The number of hydrogen-bond acceptors (Lipinski definition) is 2. The van der Waals surface area contributed by atoms with Gasteiger partial charge in [0.15, 0.2) is 17.4 Å². The van der Waals surface area contributed by atoms with E-state index >= 15 is 0 Å². The van der Waals surface area contributed by atoms with Crippen LogP contribution in [-0.4, -0.2) is 24.2 Å².